The molecule has 3 N–H and O–H groups in total. The molecule has 0 bridgehead atoms. The van der Waals surface area contributed by atoms with E-state index in [0.717, 1.165) is 31.0 Å². The number of nitrogens with zero attached hydrogens (tertiary/aromatic N) is 1. The molecule has 0 saturated carbocycles. The van der Waals surface area contributed by atoms with Crippen molar-refractivity contribution in [2.75, 3.05) is 26.7 Å². The topological polar surface area (TPSA) is 65.9 Å². The molecule has 1 rings (SSSR count). The molecule has 0 aromatic heterocycles. The summed E-state index contributed by atoms with van der Waals surface area (Å²) in [7, 11) is 1.56. The number of phenolic OH excluding ortho intramolecular Hbond substituents is 1. The molecule has 0 atom stereocenters. The SMILES string of the molecule is CCNC(=NCCC(C)C)NCCc1cccc(OC)c1O.I. The first-order valence-corrected chi connectivity index (χ1v) is 7.95. The van der Waals surface area contributed by atoms with Gasteiger partial charge in [-0.3, -0.25) is 4.99 Å². The van der Waals surface area contributed by atoms with Crippen molar-refractivity contribution >= 4 is 29.9 Å². The molecule has 0 aliphatic heterocycles. The Morgan fingerprint density at radius 2 is 2.04 bits per heavy atom. The fourth-order valence-corrected chi connectivity index (χ4v) is 2.03. The Kier molecular flexibility index (Phi) is 11.6. The average molecular weight is 435 g/mol. The van der Waals surface area contributed by atoms with Gasteiger partial charge in [0, 0.05) is 19.6 Å². The Balaban J connectivity index is 0.00000484. The average Bonchev–Trinajstić information content (AvgIpc) is 2.48. The van der Waals surface area contributed by atoms with E-state index >= 15 is 0 Å². The Morgan fingerprint density at radius 1 is 1.30 bits per heavy atom. The van der Waals surface area contributed by atoms with Crippen molar-refractivity contribution < 1.29 is 9.84 Å². The molecule has 0 aliphatic carbocycles. The number of ether oxygens (including phenoxy) is 1. The molecule has 0 aliphatic rings. The van der Waals surface area contributed by atoms with Crippen molar-refractivity contribution in [1.82, 2.24) is 10.6 Å². The van der Waals surface area contributed by atoms with E-state index in [0.29, 0.717) is 24.6 Å². The lowest BCUT2D eigenvalue weighted by Crippen LogP contribution is -2.38. The van der Waals surface area contributed by atoms with Crippen LogP contribution in [0.3, 0.4) is 0 Å². The molecular weight excluding hydrogens is 405 g/mol. The van der Waals surface area contributed by atoms with Crippen LogP contribution in [-0.2, 0) is 6.42 Å². The number of nitrogens with one attached hydrogen (secondary N) is 2. The highest BCUT2D eigenvalue weighted by Crippen LogP contribution is 2.29. The second kappa shape index (κ2) is 12.3. The molecule has 1 aromatic carbocycles. The summed E-state index contributed by atoms with van der Waals surface area (Å²) in [5, 5.41) is 16.6. The third kappa shape index (κ3) is 8.29. The third-order valence-electron chi connectivity index (χ3n) is 3.31. The maximum atomic E-state index is 10.1. The molecule has 0 unspecified atom stereocenters. The van der Waals surface area contributed by atoms with Crippen LogP contribution in [-0.4, -0.2) is 37.8 Å². The van der Waals surface area contributed by atoms with Gasteiger partial charge < -0.3 is 20.5 Å². The molecule has 0 fully saturated rings. The van der Waals surface area contributed by atoms with Gasteiger partial charge in [-0.1, -0.05) is 26.0 Å². The standard InChI is InChI=1S/C17H29N3O2.HI/c1-5-18-17(19-11-9-13(2)3)20-12-10-14-7-6-8-15(22-4)16(14)21;/h6-8,13,21H,5,9-12H2,1-4H3,(H2,18,19,20);1H. The van der Waals surface area contributed by atoms with Crippen molar-refractivity contribution in [3.8, 4) is 11.5 Å². The summed E-state index contributed by atoms with van der Waals surface area (Å²) in [5.74, 6) is 2.20. The highest BCUT2D eigenvalue weighted by molar-refractivity contribution is 14.0. The van der Waals surface area contributed by atoms with E-state index in [4.69, 9.17) is 4.74 Å². The minimum atomic E-state index is 0. The van der Waals surface area contributed by atoms with E-state index < -0.39 is 0 Å². The number of benzene rings is 1. The summed E-state index contributed by atoms with van der Waals surface area (Å²) < 4.78 is 5.12. The quantitative estimate of drug-likeness (QED) is 0.334. The first kappa shape index (κ1) is 21.8. The van der Waals surface area contributed by atoms with Crippen LogP contribution in [0.25, 0.3) is 0 Å². The highest BCUT2D eigenvalue weighted by atomic mass is 127. The number of aliphatic imine (C=N–C) groups is 1. The number of halogens is 1. The molecule has 5 nitrogen and oxygen atoms in total. The van der Waals surface area contributed by atoms with E-state index in [-0.39, 0.29) is 29.7 Å². The zero-order valence-corrected chi connectivity index (χ0v) is 16.9. The minimum Gasteiger partial charge on any atom is -0.504 e. The number of aromatic hydroxyl groups is 1. The Hall–Kier alpha value is -1.18. The summed E-state index contributed by atoms with van der Waals surface area (Å²) in [6, 6.07) is 5.54. The number of methoxy groups -OCH3 is 1. The van der Waals surface area contributed by atoms with Gasteiger partial charge in [0.1, 0.15) is 0 Å². The molecule has 132 valence electrons. The number of para-hydroxylation sites is 1. The molecular formula is C17H30IN3O2. The summed E-state index contributed by atoms with van der Waals surface area (Å²) in [4.78, 5) is 4.55. The first-order chi connectivity index (χ1) is 10.6. The van der Waals surface area contributed by atoms with Gasteiger partial charge in [-0.15, -0.1) is 24.0 Å². The van der Waals surface area contributed by atoms with Gasteiger partial charge >= 0.3 is 0 Å². The smallest absolute Gasteiger partial charge is 0.191 e. The fourth-order valence-electron chi connectivity index (χ4n) is 2.03. The van der Waals surface area contributed by atoms with Crippen molar-refractivity contribution in [3.05, 3.63) is 23.8 Å². The van der Waals surface area contributed by atoms with Gasteiger partial charge in [-0.25, -0.2) is 0 Å². The zero-order valence-electron chi connectivity index (χ0n) is 14.6. The first-order valence-electron chi connectivity index (χ1n) is 7.95. The lowest BCUT2D eigenvalue weighted by atomic mass is 10.1. The molecule has 1 aromatic rings. The predicted molar refractivity (Wildman–Crippen MR) is 107 cm³/mol. The second-order valence-electron chi connectivity index (χ2n) is 5.59. The van der Waals surface area contributed by atoms with Gasteiger partial charge in [0.25, 0.3) is 0 Å². The van der Waals surface area contributed by atoms with Gasteiger partial charge in [-0.2, -0.15) is 0 Å². The maximum Gasteiger partial charge on any atom is 0.191 e. The fraction of sp³-hybridized carbons (Fsp3) is 0.588. The highest BCUT2D eigenvalue weighted by Gasteiger charge is 2.07. The van der Waals surface area contributed by atoms with Crippen LogP contribution in [0.2, 0.25) is 0 Å². The van der Waals surface area contributed by atoms with Gasteiger partial charge in [0.2, 0.25) is 0 Å². The number of guanidine groups is 1. The number of rotatable bonds is 8. The van der Waals surface area contributed by atoms with Crippen LogP contribution in [0, 0.1) is 5.92 Å². The van der Waals surface area contributed by atoms with Crippen molar-refractivity contribution in [2.24, 2.45) is 10.9 Å². The molecule has 0 spiro atoms. The predicted octanol–water partition coefficient (Wildman–Crippen LogP) is 3.16. The molecule has 0 radical (unpaired) electrons. The molecule has 0 heterocycles. The minimum absolute atomic E-state index is 0. The lowest BCUT2D eigenvalue weighted by molar-refractivity contribution is 0.370. The molecule has 0 amide bonds. The van der Waals surface area contributed by atoms with E-state index in [9.17, 15) is 5.11 Å². The number of phenols is 1. The zero-order chi connectivity index (χ0) is 16.4. The summed E-state index contributed by atoms with van der Waals surface area (Å²) in [6.45, 7) is 8.79. The van der Waals surface area contributed by atoms with Crippen LogP contribution < -0.4 is 15.4 Å². The van der Waals surface area contributed by atoms with Crippen LogP contribution in [0.15, 0.2) is 23.2 Å². The summed E-state index contributed by atoms with van der Waals surface area (Å²) >= 11 is 0. The van der Waals surface area contributed by atoms with E-state index in [2.05, 4.69) is 29.5 Å². The Bertz CT molecular complexity index is 479. The molecule has 6 heteroatoms. The molecule has 0 saturated heterocycles. The third-order valence-corrected chi connectivity index (χ3v) is 3.31. The van der Waals surface area contributed by atoms with Crippen molar-refractivity contribution in [2.45, 2.75) is 33.6 Å². The Labute approximate surface area is 156 Å². The normalized spacial score (nSPS) is 11.1. The van der Waals surface area contributed by atoms with Crippen molar-refractivity contribution in [3.63, 3.8) is 0 Å². The van der Waals surface area contributed by atoms with Crippen LogP contribution in [0.1, 0.15) is 32.8 Å². The van der Waals surface area contributed by atoms with Crippen LogP contribution in [0.4, 0.5) is 0 Å². The lowest BCUT2D eigenvalue weighted by Gasteiger charge is -2.13. The van der Waals surface area contributed by atoms with E-state index in [1.54, 1.807) is 13.2 Å². The maximum absolute atomic E-state index is 10.1. The van der Waals surface area contributed by atoms with Gasteiger partial charge in [0.05, 0.1) is 7.11 Å². The second-order valence-corrected chi connectivity index (χ2v) is 5.59. The monoisotopic (exact) mass is 435 g/mol. The summed E-state index contributed by atoms with van der Waals surface area (Å²) in [5.41, 5.74) is 0.866. The molecule has 23 heavy (non-hydrogen) atoms. The Morgan fingerprint density at radius 3 is 2.65 bits per heavy atom. The van der Waals surface area contributed by atoms with Gasteiger partial charge in [0.15, 0.2) is 17.5 Å². The van der Waals surface area contributed by atoms with Crippen LogP contribution >= 0.6 is 24.0 Å². The van der Waals surface area contributed by atoms with Gasteiger partial charge in [-0.05, 0) is 37.3 Å². The van der Waals surface area contributed by atoms with E-state index in [1.165, 1.54) is 0 Å². The largest absolute Gasteiger partial charge is 0.504 e. The van der Waals surface area contributed by atoms with Crippen LogP contribution in [0.5, 0.6) is 11.5 Å². The number of hydrogen-bond donors (Lipinski definition) is 3. The van der Waals surface area contributed by atoms with E-state index in [1.807, 2.05) is 19.1 Å². The summed E-state index contributed by atoms with van der Waals surface area (Å²) in [6.07, 6.45) is 1.78. The van der Waals surface area contributed by atoms with Crippen molar-refractivity contribution in [1.29, 1.82) is 0 Å². The number of hydrogen-bond acceptors (Lipinski definition) is 3.